The van der Waals surface area contributed by atoms with E-state index in [9.17, 15) is 0 Å². The van der Waals surface area contributed by atoms with Crippen molar-refractivity contribution < 1.29 is 9.47 Å². The number of nitrogens with two attached hydrogens (primary N) is 1. The van der Waals surface area contributed by atoms with E-state index < -0.39 is 0 Å². The van der Waals surface area contributed by atoms with Gasteiger partial charge in [-0.3, -0.25) is 0 Å². The van der Waals surface area contributed by atoms with Crippen LogP contribution in [0.3, 0.4) is 0 Å². The van der Waals surface area contributed by atoms with Crippen molar-refractivity contribution in [2.24, 2.45) is 0 Å². The smallest absolute Gasteiger partial charge is 0.162 e. The largest absolute Gasteiger partial charge is 0.493 e. The highest BCUT2D eigenvalue weighted by molar-refractivity contribution is 5.91. The molecule has 0 fully saturated rings. The number of hydrogen-bond acceptors (Lipinski definition) is 5. The van der Waals surface area contributed by atoms with Crippen molar-refractivity contribution in [2.75, 3.05) is 20.0 Å². The maximum absolute atomic E-state index is 5.77. The third kappa shape index (κ3) is 1.52. The molecule has 1 heterocycles. The van der Waals surface area contributed by atoms with Gasteiger partial charge in [0.15, 0.2) is 11.5 Å². The van der Waals surface area contributed by atoms with Crippen LogP contribution in [-0.2, 0) is 0 Å². The van der Waals surface area contributed by atoms with Crippen LogP contribution in [0, 0.1) is 0 Å². The topological polar surface area (TPSA) is 70.3 Å². The Labute approximate surface area is 86.8 Å². The first kappa shape index (κ1) is 9.51. The zero-order valence-corrected chi connectivity index (χ0v) is 8.52. The summed E-state index contributed by atoms with van der Waals surface area (Å²) in [7, 11) is 3.15. The van der Waals surface area contributed by atoms with E-state index in [1.54, 1.807) is 26.4 Å². The minimum atomic E-state index is 0.570. The highest BCUT2D eigenvalue weighted by Crippen LogP contribution is 2.32. The number of rotatable bonds is 2. The minimum Gasteiger partial charge on any atom is -0.493 e. The quantitative estimate of drug-likeness (QED) is 0.798. The van der Waals surface area contributed by atoms with Gasteiger partial charge in [-0.15, -0.1) is 0 Å². The predicted octanol–water partition coefficient (Wildman–Crippen LogP) is 1.23. The maximum atomic E-state index is 5.77. The average Bonchev–Trinajstić information content (AvgIpc) is 2.28. The van der Waals surface area contributed by atoms with Crippen molar-refractivity contribution in [1.82, 2.24) is 10.2 Å². The average molecular weight is 205 g/mol. The normalized spacial score (nSPS) is 10.3. The summed E-state index contributed by atoms with van der Waals surface area (Å²) >= 11 is 0. The molecular formula is C10H11N3O2. The molecule has 0 radical (unpaired) electrons. The van der Waals surface area contributed by atoms with Crippen molar-refractivity contribution in [3.8, 4) is 11.5 Å². The Balaban J connectivity index is 2.75. The van der Waals surface area contributed by atoms with Gasteiger partial charge in [0.05, 0.1) is 31.6 Å². The molecule has 0 saturated carbocycles. The van der Waals surface area contributed by atoms with Crippen LogP contribution in [0.2, 0.25) is 0 Å². The SMILES string of the molecule is COc1cc2nncc(N)c2cc1OC. The van der Waals surface area contributed by atoms with Crippen LogP contribution in [-0.4, -0.2) is 24.4 Å². The standard InChI is InChI=1S/C10H11N3O2/c1-14-9-3-6-7(11)5-12-13-8(6)4-10(9)15-2/h3-5H,1-2H3,(H2,11,13). The summed E-state index contributed by atoms with van der Waals surface area (Å²) in [6.45, 7) is 0. The van der Waals surface area contributed by atoms with E-state index in [0.29, 0.717) is 22.7 Å². The number of aromatic nitrogens is 2. The summed E-state index contributed by atoms with van der Waals surface area (Å²) in [6, 6.07) is 3.54. The van der Waals surface area contributed by atoms with Crippen LogP contribution in [0.25, 0.3) is 10.9 Å². The molecule has 0 aliphatic rings. The third-order valence-corrected chi connectivity index (χ3v) is 2.18. The van der Waals surface area contributed by atoms with E-state index in [1.165, 1.54) is 6.20 Å². The number of fused-ring (bicyclic) bond motifs is 1. The number of ether oxygens (including phenoxy) is 2. The Kier molecular flexibility index (Phi) is 2.29. The molecule has 0 amide bonds. The lowest BCUT2D eigenvalue weighted by atomic mass is 10.2. The highest BCUT2D eigenvalue weighted by Gasteiger charge is 2.08. The first-order chi connectivity index (χ1) is 7.26. The molecule has 5 heteroatoms. The molecule has 15 heavy (non-hydrogen) atoms. The molecule has 0 aliphatic heterocycles. The molecule has 0 atom stereocenters. The summed E-state index contributed by atoms with van der Waals surface area (Å²) in [5.74, 6) is 1.25. The minimum absolute atomic E-state index is 0.570. The van der Waals surface area contributed by atoms with Crippen molar-refractivity contribution in [3.05, 3.63) is 18.3 Å². The maximum Gasteiger partial charge on any atom is 0.162 e. The number of benzene rings is 1. The Morgan fingerprint density at radius 3 is 2.47 bits per heavy atom. The molecule has 1 aromatic heterocycles. The first-order valence-corrected chi connectivity index (χ1v) is 4.39. The van der Waals surface area contributed by atoms with Gasteiger partial charge in [-0.1, -0.05) is 0 Å². The molecule has 2 N–H and O–H groups in total. The van der Waals surface area contributed by atoms with Gasteiger partial charge in [-0.05, 0) is 6.07 Å². The molecule has 5 nitrogen and oxygen atoms in total. The van der Waals surface area contributed by atoms with Gasteiger partial charge in [-0.25, -0.2) is 0 Å². The summed E-state index contributed by atoms with van der Waals surface area (Å²) in [4.78, 5) is 0. The summed E-state index contributed by atoms with van der Waals surface area (Å²) in [6.07, 6.45) is 1.51. The zero-order valence-electron chi connectivity index (χ0n) is 8.52. The van der Waals surface area contributed by atoms with Gasteiger partial charge in [0.2, 0.25) is 0 Å². The molecule has 0 bridgehead atoms. The van der Waals surface area contributed by atoms with Crippen LogP contribution in [0.1, 0.15) is 0 Å². The zero-order chi connectivity index (χ0) is 10.8. The molecule has 0 spiro atoms. The van der Waals surface area contributed by atoms with Crippen molar-refractivity contribution >= 4 is 16.6 Å². The number of nitrogens with zero attached hydrogens (tertiary/aromatic N) is 2. The molecule has 1 aromatic carbocycles. The molecular weight excluding hydrogens is 194 g/mol. The number of nitrogen functional groups attached to an aromatic ring is 1. The van der Waals surface area contributed by atoms with Crippen LogP contribution in [0.4, 0.5) is 5.69 Å². The molecule has 0 aliphatic carbocycles. The highest BCUT2D eigenvalue weighted by atomic mass is 16.5. The van der Waals surface area contributed by atoms with Crippen molar-refractivity contribution in [2.45, 2.75) is 0 Å². The van der Waals surface area contributed by atoms with Gasteiger partial charge in [-0.2, -0.15) is 10.2 Å². The summed E-state index contributed by atoms with van der Waals surface area (Å²) in [5, 5.41) is 8.54. The molecule has 78 valence electrons. The second kappa shape index (κ2) is 3.61. The fourth-order valence-corrected chi connectivity index (χ4v) is 1.41. The Morgan fingerprint density at radius 1 is 1.13 bits per heavy atom. The predicted molar refractivity (Wildman–Crippen MR) is 57.1 cm³/mol. The molecule has 2 aromatic rings. The van der Waals surface area contributed by atoms with Gasteiger partial charge in [0.25, 0.3) is 0 Å². The van der Waals surface area contributed by atoms with E-state index in [2.05, 4.69) is 10.2 Å². The van der Waals surface area contributed by atoms with Crippen LogP contribution in [0.15, 0.2) is 18.3 Å². The number of hydrogen-bond donors (Lipinski definition) is 1. The van der Waals surface area contributed by atoms with Gasteiger partial charge >= 0.3 is 0 Å². The van der Waals surface area contributed by atoms with Gasteiger partial charge in [0, 0.05) is 11.5 Å². The fourth-order valence-electron chi connectivity index (χ4n) is 1.41. The Bertz CT molecular complexity index is 499. The van der Waals surface area contributed by atoms with Crippen LogP contribution < -0.4 is 15.2 Å². The van der Waals surface area contributed by atoms with Crippen molar-refractivity contribution in [1.29, 1.82) is 0 Å². The van der Waals surface area contributed by atoms with E-state index in [-0.39, 0.29) is 0 Å². The summed E-state index contributed by atoms with van der Waals surface area (Å²) < 4.78 is 10.3. The lowest BCUT2D eigenvalue weighted by Crippen LogP contribution is -1.95. The van der Waals surface area contributed by atoms with Crippen molar-refractivity contribution in [3.63, 3.8) is 0 Å². The first-order valence-electron chi connectivity index (χ1n) is 4.39. The molecule has 2 rings (SSSR count). The number of anilines is 1. The van der Waals surface area contributed by atoms with E-state index in [1.807, 2.05) is 0 Å². The lowest BCUT2D eigenvalue weighted by molar-refractivity contribution is 0.356. The fraction of sp³-hybridized carbons (Fsp3) is 0.200. The van der Waals surface area contributed by atoms with Crippen LogP contribution in [0.5, 0.6) is 11.5 Å². The Morgan fingerprint density at radius 2 is 1.80 bits per heavy atom. The second-order valence-corrected chi connectivity index (χ2v) is 3.02. The van der Waals surface area contributed by atoms with Gasteiger partial charge in [0.1, 0.15) is 0 Å². The van der Waals surface area contributed by atoms with E-state index in [4.69, 9.17) is 15.2 Å². The second-order valence-electron chi connectivity index (χ2n) is 3.02. The van der Waals surface area contributed by atoms with E-state index in [0.717, 1.165) is 5.39 Å². The summed E-state index contributed by atoms with van der Waals surface area (Å²) in [5.41, 5.74) is 7.03. The lowest BCUT2D eigenvalue weighted by Gasteiger charge is -2.08. The molecule has 0 unspecified atom stereocenters. The molecule has 0 saturated heterocycles. The van der Waals surface area contributed by atoms with Crippen LogP contribution >= 0.6 is 0 Å². The van der Waals surface area contributed by atoms with Gasteiger partial charge < -0.3 is 15.2 Å². The number of methoxy groups -OCH3 is 2. The van der Waals surface area contributed by atoms with E-state index >= 15 is 0 Å². The monoisotopic (exact) mass is 205 g/mol. The Hall–Kier alpha value is -2.04. The third-order valence-electron chi connectivity index (χ3n) is 2.18.